The zero-order valence-electron chi connectivity index (χ0n) is 8.86. The van der Waals surface area contributed by atoms with Gasteiger partial charge in [0.05, 0.1) is 6.07 Å². The Balaban J connectivity index is 2.57. The average molecular weight is 199 g/mol. The van der Waals surface area contributed by atoms with Crippen molar-refractivity contribution in [1.82, 2.24) is 9.88 Å². The van der Waals surface area contributed by atoms with Crippen molar-refractivity contribution < 1.29 is 0 Å². The van der Waals surface area contributed by atoms with Crippen molar-refractivity contribution >= 4 is 10.9 Å². The van der Waals surface area contributed by atoms with E-state index in [2.05, 4.69) is 11.1 Å². The number of rotatable bonds is 2. The molecule has 3 heteroatoms. The van der Waals surface area contributed by atoms with Crippen LogP contribution in [-0.4, -0.2) is 24.0 Å². The number of hydrogen-bond acceptors (Lipinski definition) is 2. The van der Waals surface area contributed by atoms with E-state index in [0.717, 1.165) is 16.5 Å². The molecule has 1 aromatic carbocycles. The third-order valence-corrected chi connectivity index (χ3v) is 2.55. The van der Waals surface area contributed by atoms with Gasteiger partial charge in [-0.1, -0.05) is 18.2 Å². The van der Waals surface area contributed by atoms with E-state index in [1.807, 2.05) is 49.5 Å². The van der Waals surface area contributed by atoms with Crippen molar-refractivity contribution in [2.24, 2.45) is 0 Å². The van der Waals surface area contributed by atoms with Crippen molar-refractivity contribution in [2.45, 2.75) is 6.04 Å². The minimum absolute atomic E-state index is 0.193. The molecular weight excluding hydrogens is 186 g/mol. The number of hydrogen-bond donors (Lipinski definition) is 1. The number of benzene rings is 1. The van der Waals surface area contributed by atoms with Gasteiger partial charge in [-0.05, 0) is 20.2 Å². The van der Waals surface area contributed by atoms with Crippen molar-refractivity contribution in [3.05, 3.63) is 36.0 Å². The molecule has 0 unspecified atom stereocenters. The minimum atomic E-state index is -0.193. The zero-order chi connectivity index (χ0) is 10.8. The molecule has 0 fully saturated rings. The molecule has 0 amide bonds. The molecular formula is C12H13N3. The van der Waals surface area contributed by atoms with E-state index < -0.39 is 0 Å². The van der Waals surface area contributed by atoms with Gasteiger partial charge in [-0.2, -0.15) is 5.26 Å². The molecule has 76 valence electrons. The number of para-hydroxylation sites is 1. The van der Waals surface area contributed by atoms with Crippen LogP contribution in [0.2, 0.25) is 0 Å². The normalized spacial score (nSPS) is 12.9. The van der Waals surface area contributed by atoms with Gasteiger partial charge in [0.2, 0.25) is 0 Å². The van der Waals surface area contributed by atoms with E-state index in [4.69, 9.17) is 5.26 Å². The lowest BCUT2D eigenvalue weighted by atomic mass is 10.1. The number of aromatic amines is 1. The molecule has 15 heavy (non-hydrogen) atoms. The summed E-state index contributed by atoms with van der Waals surface area (Å²) in [5.41, 5.74) is 2.12. The third kappa shape index (κ3) is 1.60. The first-order chi connectivity index (χ1) is 7.24. The summed E-state index contributed by atoms with van der Waals surface area (Å²) >= 11 is 0. The summed E-state index contributed by atoms with van der Waals surface area (Å²) in [6, 6.07) is 10.1. The van der Waals surface area contributed by atoms with Gasteiger partial charge >= 0.3 is 0 Å². The Bertz CT molecular complexity index is 505. The lowest BCUT2D eigenvalue weighted by Gasteiger charge is -2.16. The summed E-state index contributed by atoms with van der Waals surface area (Å²) < 4.78 is 0. The van der Waals surface area contributed by atoms with Crippen LogP contribution in [0.3, 0.4) is 0 Å². The predicted molar refractivity (Wildman–Crippen MR) is 60.3 cm³/mol. The number of nitriles is 1. The van der Waals surface area contributed by atoms with Crippen molar-refractivity contribution in [2.75, 3.05) is 14.1 Å². The Morgan fingerprint density at radius 1 is 1.33 bits per heavy atom. The zero-order valence-corrected chi connectivity index (χ0v) is 8.86. The van der Waals surface area contributed by atoms with Crippen LogP contribution in [0.5, 0.6) is 0 Å². The van der Waals surface area contributed by atoms with E-state index in [-0.39, 0.29) is 6.04 Å². The van der Waals surface area contributed by atoms with Crippen LogP contribution >= 0.6 is 0 Å². The molecule has 0 aliphatic rings. The van der Waals surface area contributed by atoms with E-state index in [0.29, 0.717) is 0 Å². The minimum Gasteiger partial charge on any atom is -0.361 e. The largest absolute Gasteiger partial charge is 0.361 e. The molecule has 0 radical (unpaired) electrons. The molecule has 1 heterocycles. The lowest BCUT2D eigenvalue weighted by Crippen LogP contribution is -2.17. The predicted octanol–water partition coefficient (Wildman–Crippen LogP) is 2.29. The molecule has 1 N–H and O–H groups in total. The SMILES string of the molecule is CN(C)[C@@H](C#N)c1c[nH]c2ccccc12. The fourth-order valence-corrected chi connectivity index (χ4v) is 1.78. The van der Waals surface area contributed by atoms with Gasteiger partial charge in [0, 0.05) is 22.7 Å². The topological polar surface area (TPSA) is 42.8 Å². The molecule has 1 aromatic heterocycles. The molecule has 0 saturated carbocycles. The summed E-state index contributed by atoms with van der Waals surface area (Å²) in [7, 11) is 3.82. The highest BCUT2D eigenvalue weighted by Crippen LogP contribution is 2.26. The van der Waals surface area contributed by atoms with E-state index in [9.17, 15) is 0 Å². The molecule has 0 aliphatic heterocycles. The Kier molecular flexibility index (Phi) is 2.44. The Hall–Kier alpha value is -1.79. The summed E-state index contributed by atoms with van der Waals surface area (Å²) in [6.07, 6.45) is 1.92. The van der Waals surface area contributed by atoms with Crippen LogP contribution < -0.4 is 0 Å². The molecule has 0 bridgehead atoms. The number of nitrogens with one attached hydrogen (secondary N) is 1. The molecule has 2 rings (SSSR count). The highest BCUT2D eigenvalue weighted by Gasteiger charge is 2.16. The van der Waals surface area contributed by atoms with Crippen LogP contribution in [0, 0.1) is 11.3 Å². The molecule has 0 saturated heterocycles. The second-order valence-corrected chi connectivity index (χ2v) is 3.78. The maximum Gasteiger partial charge on any atom is 0.125 e. The van der Waals surface area contributed by atoms with Crippen LogP contribution in [0.15, 0.2) is 30.5 Å². The second-order valence-electron chi connectivity index (χ2n) is 3.78. The Labute approximate surface area is 88.9 Å². The van der Waals surface area contributed by atoms with Crippen molar-refractivity contribution in [3.63, 3.8) is 0 Å². The Morgan fingerprint density at radius 3 is 2.73 bits per heavy atom. The van der Waals surface area contributed by atoms with Gasteiger partial charge in [-0.25, -0.2) is 0 Å². The summed E-state index contributed by atoms with van der Waals surface area (Å²) in [5, 5.41) is 10.2. The first-order valence-electron chi connectivity index (χ1n) is 4.86. The lowest BCUT2D eigenvalue weighted by molar-refractivity contribution is 0.360. The molecule has 1 atom stereocenters. The summed E-state index contributed by atoms with van der Waals surface area (Å²) in [4.78, 5) is 5.09. The standard InChI is InChI=1S/C12H13N3/c1-15(2)12(7-13)10-8-14-11-6-4-3-5-9(10)11/h3-6,8,12,14H,1-2H3/t12-/m0/s1. The van der Waals surface area contributed by atoms with Crippen LogP contribution in [-0.2, 0) is 0 Å². The van der Waals surface area contributed by atoms with Crippen molar-refractivity contribution in [3.8, 4) is 6.07 Å². The van der Waals surface area contributed by atoms with Crippen LogP contribution in [0.25, 0.3) is 10.9 Å². The fraction of sp³-hybridized carbons (Fsp3) is 0.250. The fourth-order valence-electron chi connectivity index (χ4n) is 1.78. The molecule has 2 aromatic rings. The maximum absolute atomic E-state index is 9.12. The highest BCUT2D eigenvalue weighted by atomic mass is 15.1. The second kappa shape index (κ2) is 3.76. The van der Waals surface area contributed by atoms with E-state index >= 15 is 0 Å². The number of aromatic nitrogens is 1. The van der Waals surface area contributed by atoms with E-state index in [1.54, 1.807) is 0 Å². The van der Waals surface area contributed by atoms with Crippen LogP contribution in [0.1, 0.15) is 11.6 Å². The van der Waals surface area contributed by atoms with Gasteiger partial charge < -0.3 is 4.98 Å². The van der Waals surface area contributed by atoms with E-state index in [1.165, 1.54) is 0 Å². The monoisotopic (exact) mass is 199 g/mol. The number of fused-ring (bicyclic) bond motifs is 1. The highest BCUT2D eigenvalue weighted by molar-refractivity contribution is 5.83. The molecule has 0 aliphatic carbocycles. The van der Waals surface area contributed by atoms with Crippen LogP contribution in [0.4, 0.5) is 0 Å². The number of H-pyrrole nitrogens is 1. The first-order valence-corrected chi connectivity index (χ1v) is 4.86. The van der Waals surface area contributed by atoms with Gasteiger partial charge in [0.1, 0.15) is 6.04 Å². The summed E-state index contributed by atoms with van der Waals surface area (Å²) in [5.74, 6) is 0. The first kappa shape index (κ1) is 9.75. The Morgan fingerprint density at radius 2 is 2.07 bits per heavy atom. The van der Waals surface area contributed by atoms with Crippen molar-refractivity contribution in [1.29, 1.82) is 5.26 Å². The molecule has 3 nitrogen and oxygen atoms in total. The summed E-state index contributed by atoms with van der Waals surface area (Å²) in [6.45, 7) is 0. The number of nitrogens with zero attached hydrogens (tertiary/aromatic N) is 2. The van der Waals surface area contributed by atoms with Gasteiger partial charge in [-0.3, -0.25) is 4.90 Å². The van der Waals surface area contributed by atoms with Gasteiger partial charge in [0.15, 0.2) is 0 Å². The maximum atomic E-state index is 9.12. The quantitative estimate of drug-likeness (QED) is 0.806. The smallest absolute Gasteiger partial charge is 0.125 e. The third-order valence-electron chi connectivity index (χ3n) is 2.55. The van der Waals surface area contributed by atoms with Gasteiger partial charge in [-0.15, -0.1) is 0 Å². The van der Waals surface area contributed by atoms with Gasteiger partial charge in [0.25, 0.3) is 0 Å². The molecule has 0 spiro atoms. The average Bonchev–Trinajstić information content (AvgIpc) is 2.63.